The maximum absolute atomic E-state index is 11.8. The molecule has 0 bridgehead atoms. The molecular weight excluding hydrogens is 294 g/mol. The fourth-order valence-electron chi connectivity index (χ4n) is 1.96. The predicted molar refractivity (Wildman–Crippen MR) is 81.9 cm³/mol. The predicted octanol–water partition coefficient (Wildman–Crippen LogP) is 1.78. The molecule has 0 radical (unpaired) electrons. The zero-order valence-corrected chi connectivity index (χ0v) is 12.3. The van der Waals surface area contributed by atoms with Gasteiger partial charge in [-0.2, -0.15) is 0 Å². The molecule has 1 N–H and O–H groups in total. The molecule has 0 unspecified atom stereocenters. The molecule has 0 atom stereocenters. The van der Waals surface area contributed by atoms with Crippen molar-refractivity contribution in [3.63, 3.8) is 0 Å². The molecule has 1 amide bonds. The van der Waals surface area contributed by atoms with Crippen LogP contribution in [0, 0.1) is 0 Å². The summed E-state index contributed by atoms with van der Waals surface area (Å²) in [6.45, 7) is 0.454. The van der Waals surface area contributed by atoms with Gasteiger partial charge in [0.1, 0.15) is 5.69 Å². The van der Waals surface area contributed by atoms with Gasteiger partial charge in [-0.1, -0.05) is 12.1 Å². The van der Waals surface area contributed by atoms with Gasteiger partial charge in [-0.05, 0) is 23.8 Å². The highest BCUT2D eigenvalue weighted by Crippen LogP contribution is 2.14. The second-order valence-corrected chi connectivity index (χ2v) is 4.85. The van der Waals surface area contributed by atoms with Gasteiger partial charge in [0.15, 0.2) is 0 Å². The summed E-state index contributed by atoms with van der Waals surface area (Å²) in [6.07, 6.45) is 5.74. The highest BCUT2D eigenvalue weighted by Gasteiger charge is 2.11. The molecular formula is C16H15N5O2. The van der Waals surface area contributed by atoms with Crippen LogP contribution in [-0.4, -0.2) is 26.1 Å². The Balaban J connectivity index is 1.49. The lowest BCUT2D eigenvalue weighted by atomic mass is 10.2. The minimum Gasteiger partial charge on any atom is -0.419 e. The first-order chi connectivity index (χ1) is 11.3. The normalized spacial score (nSPS) is 10.4. The summed E-state index contributed by atoms with van der Waals surface area (Å²) >= 11 is 0. The average Bonchev–Trinajstić information content (AvgIpc) is 3.09. The van der Waals surface area contributed by atoms with E-state index in [0.717, 1.165) is 5.56 Å². The molecule has 23 heavy (non-hydrogen) atoms. The van der Waals surface area contributed by atoms with Crippen LogP contribution in [0.4, 0.5) is 0 Å². The topological polar surface area (TPSA) is 93.8 Å². The zero-order valence-electron chi connectivity index (χ0n) is 12.3. The Hall–Kier alpha value is -3.09. The third-order valence-corrected chi connectivity index (χ3v) is 3.13. The molecule has 0 aliphatic heterocycles. The lowest BCUT2D eigenvalue weighted by Crippen LogP contribution is -2.23. The van der Waals surface area contributed by atoms with Crippen LogP contribution in [-0.2, 0) is 17.8 Å². The van der Waals surface area contributed by atoms with Gasteiger partial charge < -0.3 is 9.73 Å². The fraction of sp³-hybridized carbons (Fsp3) is 0.188. The monoisotopic (exact) mass is 309 g/mol. The first-order valence-electron chi connectivity index (χ1n) is 7.20. The van der Waals surface area contributed by atoms with Crippen molar-refractivity contribution in [3.8, 4) is 11.6 Å². The van der Waals surface area contributed by atoms with Crippen LogP contribution in [0.3, 0.4) is 0 Å². The number of hydrogen-bond donors (Lipinski definition) is 1. The standard InChI is InChI=1S/C16H15N5O2/c22-14(19-11-12-4-3-8-17-10-12)6-7-15-20-21-16(23-15)13-5-1-2-9-18-13/h1-5,8-10H,6-7,11H2,(H,19,22). The van der Waals surface area contributed by atoms with Gasteiger partial charge in [-0.15, -0.1) is 10.2 Å². The third kappa shape index (κ3) is 4.19. The molecule has 3 aromatic rings. The molecule has 3 aromatic heterocycles. The lowest BCUT2D eigenvalue weighted by molar-refractivity contribution is -0.121. The quantitative estimate of drug-likeness (QED) is 0.746. The van der Waals surface area contributed by atoms with Crippen molar-refractivity contribution in [2.45, 2.75) is 19.4 Å². The molecule has 7 heteroatoms. The van der Waals surface area contributed by atoms with E-state index >= 15 is 0 Å². The minimum atomic E-state index is -0.0774. The van der Waals surface area contributed by atoms with E-state index in [1.54, 1.807) is 24.7 Å². The third-order valence-electron chi connectivity index (χ3n) is 3.13. The summed E-state index contributed by atoms with van der Waals surface area (Å²) in [6, 6.07) is 9.19. The van der Waals surface area contributed by atoms with Gasteiger partial charge in [0, 0.05) is 38.0 Å². The molecule has 0 saturated carbocycles. The highest BCUT2D eigenvalue weighted by molar-refractivity contribution is 5.76. The van der Waals surface area contributed by atoms with Gasteiger partial charge >= 0.3 is 0 Å². The number of nitrogens with zero attached hydrogens (tertiary/aromatic N) is 4. The van der Waals surface area contributed by atoms with Crippen LogP contribution >= 0.6 is 0 Å². The highest BCUT2D eigenvalue weighted by atomic mass is 16.4. The SMILES string of the molecule is O=C(CCc1nnc(-c2ccccn2)o1)NCc1cccnc1. The van der Waals surface area contributed by atoms with Crippen LogP contribution in [0.1, 0.15) is 17.9 Å². The second kappa shape index (κ2) is 7.26. The van der Waals surface area contributed by atoms with Crippen LogP contribution in [0.2, 0.25) is 0 Å². The maximum atomic E-state index is 11.8. The van der Waals surface area contributed by atoms with E-state index in [1.807, 2.05) is 24.3 Å². The number of carbonyl (C=O) groups is 1. The van der Waals surface area contributed by atoms with E-state index in [1.165, 1.54) is 0 Å². The molecule has 3 rings (SSSR count). The molecule has 0 spiro atoms. The van der Waals surface area contributed by atoms with Crippen molar-refractivity contribution in [2.75, 3.05) is 0 Å². The van der Waals surface area contributed by atoms with Crippen molar-refractivity contribution in [1.82, 2.24) is 25.5 Å². The first-order valence-corrected chi connectivity index (χ1v) is 7.20. The van der Waals surface area contributed by atoms with E-state index in [4.69, 9.17) is 4.42 Å². The van der Waals surface area contributed by atoms with E-state index < -0.39 is 0 Å². The van der Waals surface area contributed by atoms with Gasteiger partial charge in [0.25, 0.3) is 5.89 Å². The van der Waals surface area contributed by atoms with Gasteiger partial charge in [-0.3, -0.25) is 14.8 Å². The van der Waals surface area contributed by atoms with Gasteiger partial charge in [-0.25, -0.2) is 0 Å². The molecule has 3 heterocycles. The second-order valence-electron chi connectivity index (χ2n) is 4.85. The van der Waals surface area contributed by atoms with Crippen LogP contribution in [0.25, 0.3) is 11.6 Å². The lowest BCUT2D eigenvalue weighted by Gasteiger charge is -2.03. The summed E-state index contributed by atoms with van der Waals surface area (Å²) in [5.41, 5.74) is 1.57. The Labute approximate surface area is 132 Å². The van der Waals surface area contributed by atoms with Crippen LogP contribution < -0.4 is 5.32 Å². The number of amides is 1. The van der Waals surface area contributed by atoms with Crippen molar-refractivity contribution in [2.24, 2.45) is 0 Å². The number of pyridine rings is 2. The van der Waals surface area contributed by atoms with Crippen molar-refractivity contribution >= 4 is 5.91 Å². The Morgan fingerprint density at radius 2 is 2.09 bits per heavy atom. The van der Waals surface area contributed by atoms with Gasteiger partial charge in [0.05, 0.1) is 0 Å². The van der Waals surface area contributed by atoms with E-state index in [-0.39, 0.29) is 12.3 Å². The van der Waals surface area contributed by atoms with E-state index in [2.05, 4.69) is 25.5 Å². The number of aryl methyl sites for hydroxylation is 1. The molecule has 116 valence electrons. The van der Waals surface area contributed by atoms with Crippen molar-refractivity contribution in [1.29, 1.82) is 0 Å². The maximum Gasteiger partial charge on any atom is 0.266 e. The molecule has 0 saturated heterocycles. The molecule has 0 aliphatic carbocycles. The van der Waals surface area contributed by atoms with E-state index in [9.17, 15) is 4.79 Å². The summed E-state index contributed by atoms with van der Waals surface area (Å²) in [7, 11) is 0. The molecule has 0 fully saturated rings. The largest absolute Gasteiger partial charge is 0.419 e. The van der Waals surface area contributed by atoms with Gasteiger partial charge in [0.2, 0.25) is 11.8 Å². The number of hydrogen-bond acceptors (Lipinski definition) is 6. The Bertz CT molecular complexity index is 758. The first kappa shape index (κ1) is 14.8. The summed E-state index contributed by atoms with van der Waals surface area (Å²) in [4.78, 5) is 20.0. The Morgan fingerprint density at radius 3 is 2.87 bits per heavy atom. The Kier molecular flexibility index (Phi) is 4.68. The number of carbonyl (C=O) groups excluding carboxylic acids is 1. The summed E-state index contributed by atoms with van der Waals surface area (Å²) in [5, 5.41) is 10.7. The smallest absolute Gasteiger partial charge is 0.266 e. The number of aromatic nitrogens is 4. The summed E-state index contributed by atoms with van der Waals surface area (Å²) in [5.74, 6) is 0.699. The molecule has 7 nitrogen and oxygen atoms in total. The summed E-state index contributed by atoms with van der Waals surface area (Å²) < 4.78 is 5.51. The van der Waals surface area contributed by atoms with Crippen LogP contribution in [0.5, 0.6) is 0 Å². The zero-order chi connectivity index (χ0) is 15.9. The van der Waals surface area contributed by atoms with E-state index in [0.29, 0.717) is 30.4 Å². The van der Waals surface area contributed by atoms with Crippen LogP contribution in [0.15, 0.2) is 53.3 Å². The average molecular weight is 309 g/mol. The van der Waals surface area contributed by atoms with Crippen molar-refractivity contribution < 1.29 is 9.21 Å². The molecule has 0 aromatic carbocycles. The Morgan fingerprint density at radius 1 is 1.13 bits per heavy atom. The number of rotatable bonds is 6. The van der Waals surface area contributed by atoms with Crippen molar-refractivity contribution in [3.05, 3.63) is 60.4 Å². The minimum absolute atomic E-state index is 0.0774. The number of nitrogens with one attached hydrogen (secondary N) is 1. The fourth-order valence-corrected chi connectivity index (χ4v) is 1.96. The molecule has 0 aliphatic rings.